The van der Waals surface area contributed by atoms with Gasteiger partial charge in [-0.3, -0.25) is 0 Å². The summed E-state index contributed by atoms with van der Waals surface area (Å²) in [5, 5.41) is 0.569. The van der Waals surface area contributed by atoms with E-state index in [9.17, 15) is 4.79 Å². The van der Waals surface area contributed by atoms with Crippen LogP contribution in [0.25, 0.3) is 0 Å². The molecule has 0 aliphatic carbocycles. The fourth-order valence-corrected chi connectivity index (χ4v) is 1.70. The van der Waals surface area contributed by atoms with E-state index in [-0.39, 0.29) is 0 Å². The van der Waals surface area contributed by atoms with Crippen molar-refractivity contribution in [3.63, 3.8) is 0 Å². The van der Waals surface area contributed by atoms with Crippen LogP contribution in [0.1, 0.15) is 15.9 Å². The van der Waals surface area contributed by atoms with Crippen LogP contribution in [0.2, 0.25) is 5.02 Å². The van der Waals surface area contributed by atoms with Gasteiger partial charge in [-0.15, -0.1) is 0 Å². The van der Waals surface area contributed by atoms with E-state index < -0.39 is 5.97 Å². The van der Waals surface area contributed by atoms with E-state index in [2.05, 4.69) is 0 Å². The Balaban J connectivity index is 2.13. The first-order valence-corrected chi connectivity index (χ1v) is 6.10. The highest BCUT2D eigenvalue weighted by atomic mass is 35.5. The molecule has 19 heavy (non-hydrogen) atoms. The maximum absolute atomic E-state index is 11.9. The third-order valence-corrected chi connectivity index (χ3v) is 3.09. The molecule has 3 nitrogen and oxygen atoms in total. The Labute approximate surface area is 116 Å². The molecule has 98 valence electrons. The molecule has 0 fully saturated rings. The Bertz CT molecular complexity index is 591. The Hall–Kier alpha value is -2.00. The van der Waals surface area contributed by atoms with E-state index in [4.69, 9.17) is 21.1 Å². The standard InChI is InChI=1S/C15H13ClO3/c1-10-3-6-13(9-14(10)16)19-15(17)11-4-7-12(18-2)8-5-11/h3-9H,1-2H3. The highest BCUT2D eigenvalue weighted by Gasteiger charge is 2.09. The highest BCUT2D eigenvalue weighted by Crippen LogP contribution is 2.22. The molecular weight excluding hydrogens is 264 g/mol. The first-order valence-electron chi connectivity index (χ1n) is 5.72. The van der Waals surface area contributed by atoms with Gasteiger partial charge in [-0.05, 0) is 48.9 Å². The van der Waals surface area contributed by atoms with Crippen molar-refractivity contribution in [2.75, 3.05) is 7.11 Å². The molecule has 0 heterocycles. The monoisotopic (exact) mass is 276 g/mol. The number of carbonyl (C=O) groups is 1. The first-order chi connectivity index (χ1) is 9.10. The van der Waals surface area contributed by atoms with E-state index in [1.807, 2.05) is 6.92 Å². The molecule has 0 saturated carbocycles. The van der Waals surface area contributed by atoms with E-state index >= 15 is 0 Å². The number of methoxy groups -OCH3 is 1. The van der Waals surface area contributed by atoms with Crippen LogP contribution in [0.4, 0.5) is 0 Å². The molecular formula is C15H13ClO3. The summed E-state index contributed by atoms with van der Waals surface area (Å²) in [6.07, 6.45) is 0. The minimum absolute atomic E-state index is 0.427. The maximum Gasteiger partial charge on any atom is 0.343 e. The lowest BCUT2D eigenvalue weighted by atomic mass is 10.2. The summed E-state index contributed by atoms with van der Waals surface area (Å²) in [6.45, 7) is 1.89. The summed E-state index contributed by atoms with van der Waals surface area (Å²) in [5.41, 5.74) is 1.39. The molecule has 2 aromatic carbocycles. The van der Waals surface area contributed by atoms with Crippen molar-refractivity contribution < 1.29 is 14.3 Å². The minimum atomic E-state index is -0.428. The second kappa shape index (κ2) is 5.76. The van der Waals surface area contributed by atoms with Crippen LogP contribution in [-0.4, -0.2) is 13.1 Å². The third kappa shape index (κ3) is 3.26. The van der Waals surface area contributed by atoms with Gasteiger partial charge >= 0.3 is 5.97 Å². The molecule has 2 aromatic rings. The zero-order valence-corrected chi connectivity index (χ0v) is 11.4. The van der Waals surface area contributed by atoms with Gasteiger partial charge in [0.15, 0.2) is 0 Å². The number of rotatable bonds is 3. The van der Waals surface area contributed by atoms with Gasteiger partial charge in [0.05, 0.1) is 12.7 Å². The highest BCUT2D eigenvalue weighted by molar-refractivity contribution is 6.31. The van der Waals surface area contributed by atoms with Gasteiger partial charge in [-0.2, -0.15) is 0 Å². The topological polar surface area (TPSA) is 35.5 Å². The molecule has 0 radical (unpaired) electrons. The summed E-state index contributed by atoms with van der Waals surface area (Å²) in [4.78, 5) is 11.9. The summed E-state index contributed by atoms with van der Waals surface area (Å²) < 4.78 is 10.3. The molecule has 0 saturated heterocycles. The van der Waals surface area contributed by atoms with Crippen molar-refractivity contribution in [1.82, 2.24) is 0 Å². The first kappa shape index (κ1) is 13.4. The molecule has 0 aliphatic heterocycles. The molecule has 4 heteroatoms. The zero-order valence-electron chi connectivity index (χ0n) is 10.6. The van der Waals surface area contributed by atoms with Crippen LogP contribution in [0.15, 0.2) is 42.5 Å². The van der Waals surface area contributed by atoms with Crippen molar-refractivity contribution in [3.8, 4) is 11.5 Å². The molecule has 2 rings (SSSR count). The van der Waals surface area contributed by atoms with Crippen LogP contribution < -0.4 is 9.47 Å². The average molecular weight is 277 g/mol. The second-order valence-corrected chi connectivity index (χ2v) is 4.44. The number of hydrogen-bond donors (Lipinski definition) is 0. The van der Waals surface area contributed by atoms with Crippen molar-refractivity contribution in [3.05, 3.63) is 58.6 Å². The number of benzene rings is 2. The normalized spacial score (nSPS) is 10.1. The maximum atomic E-state index is 11.9. The molecule has 0 atom stereocenters. The van der Waals surface area contributed by atoms with Crippen LogP contribution >= 0.6 is 11.6 Å². The lowest BCUT2D eigenvalue weighted by Crippen LogP contribution is -2.08. The number of halogens is 1. The summed E-state index contributed by atoms with van der Waals surface area (Å²) >= 11 is 5.98. The Morgan fingerprint density at radius 2 is 1.68 bits per heavy atom. The molecule has 0 amide bonds. The predicted octanol–water partition coefficient (Wildman–Crippen LogP) is 3.88. The minimum Gasteiger partial charge on any atom is -0.497 e. The zero-order chi connectivity index (χ0) is 13.8. The van der Waals surface area contributed by atoms with Crippen LogP contribution in [0, 0.1) is 6.92 Å². The second-order valence-electron chi connectivity index (χ2n) is 4.03. The van der Waals surface area contributed by atoms with Gasteiger partial charge in [-0.1, -0.05) is 17.7 Å². The van der Waals surface area contributed by atoms with Gasteiger partial charge < -0.3 is 9.47 Å². The summed E-state index contributed by atoms with van der Waals surface area (Å²) in [7, 11) is 1.57. The van der Waals surface area contributed by atoms with E-state index in [0.29, 0.717) is 22.1 Å². The van der Waals surface area contributed by atoms with Crippen molar-refractivity contribution in [1.29, 1.82) is 0 Å². The average Bonchev–Trinajstić information content (AvgIpc) is 2.43. The fraction of sp³-hybridized carbons (Fsp3) is 0.133. The summed E-state index contributed by atoms with van der Waals surface area (Å²) in [5.74, 6) is 0.689. The smallest absolute Gasteiger partial charge is 0.343 e. The van der Waals surface area contributed by atoms with Crippen LogP contribution in [0.3, 0.4) is 0 Å². The molecule has 0 aromatic heterocycles. The number of aryl methyl sites for hydroxylation is 1. The number of carbonyl (C=O) groups excluding carboxylic acids is 1. The molecule has 0 N–H and O–H groups in total. The van der Waals surface area contributed by atoms with Crippen LogP contribution in [0.5, 0.6) is 11.5 Å². The van der Waals surface area contributed by atoms with Crippen LogP contribution in [-0.2, 0) is 0 Å². The van der Waals surface area contributed by atoms with Crippen molar-refractivity contribution in [2.24, 2.45) is 0 Å². The largest absolute Gasteiger partial charge is 0.497 e. The van der Waals surface area contributed by atoms with Gasteiger partial charge in [0.1, 0.15) is 11.5 Å². The number of esters is 1. The quantitative estimate of drug-likeness (QED) is 0.630. The number of ether oxygens (including phenoxy) is 2. The molecule has 0 bridgehead atoms. The third-order valence-electron chi connectivity index (χ3n) is 2.68. The van der Waals surface area contributed by atoms with E-state index in [1.165, 1.54) is 0 Å². The summed E-state index contributed by atoms with van der Waals surface area (Å²) in [6, 6.07) is 11.9. The molecule has 0 aliphatic rings. The number of hydrogen-bond acceptors (Lipinski definition) is 3. The van der Waals surface area contributed by atoms with E-state index in [1.54, 1.807) is 49.6 Å². The molecule has 0 spiro atoms. The lowest BCUT2D eigenvalue weighted by Gasteiger charge is -2.06. The van der Waals surface area contributed by atoms with Gasteiger partial charge in [0, 0.05) is 5.02 Å². The van der Waals surface area contributed by atoms with E-state index in [0.717, 1.165) is 5.56 Å². The van der Waals surface area contributed by atoms with Crippen molar-refractivity contribution in [2.45, 2.75) is 6.92 Å². The fourth-order valence-electron chi connectivity index (χ4n) is 1.53. The Morgan fingerprint density at radius 3 is 2.26 bits per heavy atom. The SMILES string of the molecule is COc1ccc(C(=O)Oc2ccc(C)c(Cl)c2)cc1. The van der Waals surface area contributed by atoms with Gasteiger partial charge in [0.2, 0.25) is 0 Å². The molecule has 0 unspecified atom stereocenters. The Kier molecular flexibility index (Phi) is 4.07. The lowest BCUT2D eigenvalue weighted by molar-refractivity contribution is 0.0735. The van der Waals surface area contributed by atoms with Crippen molar-refractivity contribution >= 4 is 17.6 Å². The predicted molar refractivity (Wildman–Crippen MR) is 74.1 cm³/mol. The van der Waals surface area contributed by atoms with Gasteiger partial charge in [-0.25, -0.2) is 4.79 Å². The Morgan fingerprint density at radius 1 is 1.05 bits per heavy atom. The van der Waals surface area contributed by atoms with Gasteiger partial charge in [0.25, 0.3) is 0 Å².